The van der Waals surface area contributed by atoms with Crippen LogP contribution in [-0.4, -0.2) is 25.6 Å². The fourth-order valence-electron chi connectivity index (χ4n) is 2.18. The lowest BCUT2D eigenvalue weighted by Crippen LogP contribution is -2.24. The highest BCUT2D eigenvalue weighted by Gasteiger charge is 2.16. The SMILES string of the molecule is CNCC(=O)Nc1ccc(OC2CCCC2)cc1. The molecule has 2 rings (SSSR count). The van der Waals surface area contributed by atoms with E-state index in [-0.39, 0.29) is 5.91 Å². The van der Waals surface area contributed by atoms with Gasteiger partial charge in [-0.15, -0.1) is 0 Å². The Balaban J connectivity index is 1.86. The molecule has 4 nitrogen and oxygen atoms in total. The zero-order chi connectivity index (χ0) is 12.8. The highest BCUT2D eigenvalue weighted by atomic mass is 16.5. The topological polar surface area (TPSA) is 50.4 Å². The first-order chi connectivity index (χ1) is 8.78. The fraction of sp³-hybridized carbons (Fsp3) is 0.500. The minimum Gasteiger partial charge on any atom is -0.490 e. The minimum absolute atomic E-state index is 0.0399. The molecule has 1 amide bonds. The van der Waals surface area contributed by atoms with E-state index < -0.39 is 0 Å². The maximum atomic E-state index is 11.4. The Morgan fingerprint density at radius 2 is 1.94 bits per heavy atom. The quantitative estimate of drug-likeness (QED) is 0.839. The molecule has 0 atom stereocenters. The lowest BCUT2D eigenvalue weighted by molar-refractivity contribution is -0.115. The molecule has 0 aromatic heterocycles. The molecule has 1 aromatic rings. The average Bonchev–Trinajstić information content (AvgIpc) is 2.85. The lowest BCUT2D eigenvalue weighted by atomic mass is 10.2. The summed E-state index contributed by atoms with van der Waals surface area (Å²) in [6, 6.07) is 7.57. The van der Waals surface area contributed by atoms with Gasteiger partial charge in [-0.25, -0.2) is 0 Å². The van der Waals surface area contributed by atoms with Crippen molar-refractivity contribution in [1.82, 2.24) is 5.32 Å². The van der Waals surface area contributed by atoms with Gasteiger partial charge in [0.05, 0.1) is 12.6 Å². The van der Waals surface area contributed by atoms with Gasteiger partial charge in [0.15, 0.2) is 0 Å². The van der Waals surface area contributed by atoms with E-state index in [0.29, 0.717) is 12.6 Å². The minimum atomic E-state index is -0.0399. The van der Waals surface area contributed by atoms with Gasteiger partial charge in [0.2, 0.25) is 5.91 Å². The first-order valence-corrected chi connectivity index (χ1v) is 6.49. The van der Waals surface area contributed by atoms with E-state index in [0.717, 1.165) is 24.3 Å². The van der Waals surface area contributed by atoms with E-state index in [1.165, 1.54) is 12.8 Å². The van der Waals surface area contributed by atoms with Gasteiger partial charge in [-0.1, -0.05) is 0 Å². The maximum absolute atomic E-state index is 11.4. The van der Waals surface area contributed by atoms with Crippen LogP contribution in [0, 0.1) is 0 Å². The number of anilines is 1. The number of amides is 1. The lowest BCUT2D eigenvalue weighted by Gasteiger charge is -2.13. The Kier molecular flexibility index (Phi) is 4.59. The van der Waals surface area contributed by atoms with Gasteiger partial charge in [-0.2, -0.15) is 0 Å². The zero-order valence-electron chi connectivity index (χ0n) is 10.7. The Labute approximate surface area is 108 Å². The molecule has 0 spiro atoms. The van der Waals surface area contributed by atoms with Crippen LogP contribution in [-0.2, 0) is 4.79 Å². The van der Waals surface area contributed by atoms with Gasteiger partial charge in [0, 0.05) is 5.69 Å². The third kappa shape index (κ3) is 3.74. The highest BCUT2D eigenvalue weighted by molar-refractivity contribution is 5.92. The van der Waals surface area contributed by atoms with Gasteiger partial charge in [0.1, 0.15) is 5.75 Å². The van der Waals surface area contributed by atoms with Gasteiger partial charge in [-0.3, -0.25) is 4.79 Å². The summed E-state index contributed by atoms with van der Waals surface area (Å²) in [5.74, 6) is 0.843. The van der Waals surface area contributed by atoms with Crippen molar-refractivity contribution in [2.75, 3.05) is 18.9 Å². The summed E-state index contributed by atoms with van der Waals surface area (Å²) in [5, 5.41) is 5.62. The summed E-state index contributed by atoms with van der Waals surface area (Å²) in [5.41, 5.74) is 0.800. The van der Waals surface area contributed by atoms with Crippen molar-refractivity contribution in [3.8, 4) is 5.75 Å². The molecule has 0 aliphatic heterocycles. The van der Waals surface area contributed by atoms with Crippen LogP contribution in [0.25, 0.3) is 0 Å². The number of carbonyl (C=O) groups is 1. The van der Waals surface area contributed by atoms with Gasteiger partial charge in [-0.05, 0) is 57.0 Å². The van der Waals surface area contributed by atoms with Crippen LogP contribution < -0.4 is 15.4 Å². The molecule has 0 saturated heterocycles. The van der Waals surface area contributed by atoms with E-state index in [1.54, 1.807) is 7.05 Å². The van der Waals surface area contributed by atoms with Crippen LogP contribution in [0.3, 0.4) is 0 Å². The molecule has 1 aliphatic rings. The number of ether oxygens (including phenoxy) is 1. The fourth-order valence-corrected chi connectivity index (χ4v) is 2.18. The molecule has 0 heterocycles. The molecule has 2 N–H and O–H groups in total. The third-order valence-electron chi connectivity index (χ3n) is 3.08. The molecule has 1 fully saturated rings. The Morgan fingerprint density at radius 3 is 2.56 bits per heavy atom. The van der Waals surface area contributed by atoms with E-state index >= 15 is 0 Å². The van der Waals surface area contributed by atoms with E-state index in [9.17, 15) is 4.79 Å². The first kappa shape index (κ1) is 12.9. The second kappa shape index (κ2) is 6.40. The molecular formula is C14H20N2O2. The number of likely N-dealkylation sites (N-methyl/N-ethyl adjacent to an activating group) is 1. The Morgan fingerprint density at radius 1 is 1.28 bits per heavy atom. The van der Waals surface area contributed by atoms with Crippen LogP contribution in [0.5, 0.6) is 5.75 Å². The Bertz CT molecular complexity index is 383. The predicted octanol–water partition coefficient (Wildman–Crippen LogP) is 2.17. The highest BCUT2D eigenvalue weighted by Crippen LogP contribution is 2.24. The van der Waals surface area contributed by atoms with Crippen LogP contribution >= 0.6 is 0 Å². The van der Waals surface area contributed by atoms with Crippen molar-refractivity contribution in [1.29, 1.82) is 0 Å². The number of nitrogens with one attached hydrogen (secondary N) is 2. The number of hydrogen-bond acceptors (Lipinski definition) is 3. The molecule has 1 saturated carbocycles. The summed E-state index contributed by atoms with van der Waals surface area (Å²) >= 11 is 0. The third-order valence-corrected chi connectivity index (χ3v) is 3.08. The predicted molar refractivity (Wildman–Crippen MR) is 71.9 cm³/mol. The summed E-state index contributed by atoms with van der Waals surface area (Å²) in [6.07, 6.45) is 5.21. The summed E-state index contributed by atoms with van der Waals surface area (Å²) in [6.45, 7) is 0.320. The number of rotatable bonds is 5. The van der Waals surface area contributed by atoms with Crippen molar-refractivity contribution in [3.05, 3.63) is 24.3 Å². The van der Waals surface area contributed by atoms with Crippen molar-refractivity contribution >= 4 is 11.6 Å². The van der Waals surface area contributed by atoms with Crippen molar-refractivity contribution in [2.24, 2.45) is 0 Å². The van der Waals surface area contributed by atoms with Crippen molar-refractivity contribution in [3.63, 3.8) is 0 Å². The van der Waals surface area contributed by atoms with Gasteiger partial charge < -0.3 is 15.4 Å². The maximum Gasteiger partial charge on any atom is 0.238 e. The summed E-state index contributed by atoms with van der Waals surface area (Å²) in [4.78, 5) is 11.4. The number of benzene rings is 1. The number of carbonyl (C=O) groups excluding carboxylic acids is 1. The molecular weight excluding hydrogens is 228 g/mol. The van der Waals surface area contributed by atoms with Gasteiger partial charge in [0.25, 0.3) is 0 Å². The van der Waals surface area contributed by atoms with Crippen LogP contribution in [0.15, 0.2) is 24.3 Å². The standard InChI is InChI=1S/C14H20N2O2/c1-15-10-14(17)16-11-6-8-13(9-7-11)18-12-4-2-3-5-12/h6-9,12,15H,2-5,10H2,1H3,(H,16,17). The molecule has 18 heavy (non-hydrogen) atoms. The first-order valence-electron chi connectivity index (χ1n) is 6.49. The molecule has 98 valence electrons. The second-order valence-corrected chi connectivity index (χ2v) is 4.63. The second-order valence-electron chi connectivity index (χ2n) is 4.63. The monoisotopic (exact) mass is 248 g/mol. The zero-order valence-corrected chi connectivity index (χ0v) is 10.7. The van der Waals surface area contributed by atoms with E-state index in [1.807, 2.05) is 24.3 Å². The molecule has 0 unspecified atom stereocenters. The van der Waals surface area contributed by atoms with Crippen molar-refractivity contribution in [2.45, 2.75) is 31.8 Å². The van der Waals surface area contributed by atoms with Crippen molar-refractivity contribution < 1.29 is 9.53 Å². The van der Waals surface area contributed by atoms with Crippen LogP contribution in [0.1, 0.15) is 25.7 Å². The van der Waals surface area contributed by atoms with E-state index in [2.05, 4.69) is 10.6 Å². The molecule has 0 bridgehead atoms. The Hall–Kier alpha value is -1.55. The normalized spacial score (nSPS) is 15.6. The molecule has 0 radical (unpaired) electrons. The smallest absolute Gasteiger partial charge is 0.238 e. The van der Waals surface area contributed by atoms with E-state index in [4.69, 9.17) is 4.74 Å². The largest absolute Gasteiger partial charge is 0.490 e. The van der Waals surface area contributed by atoms with Crippen LogP contribution in [0.2, 0.25) is 0 Å². The van der Waals surface area contributed by atoms with Gasteiger partial charge >= 0.3 is 0 Å². The summed E-state index contributed by atoms with van der Waals surface area (Å²) < 4.78 is 5.86. The number of hydrogen-bond donors (Lipinski definition) is 2. The molecule has 4 heteroatoms. The average molecular weight is 248 g/mol. The molecule has 1 aromatic carbocycles. The summed E-state index contributed by atoms with van der Waals surface area (Å²) in [7, 11) is 1.75. The van der Waals surface area contributed by atoms with Crippen LogP contribution in [0.4, 0.5) is 5.69 Å². The molecule has 1 aliphatic carbocycles.